The first-order valence-corrected chi connectivity index (χ1v) is 12.8. The Labute approximate surface area is 129 Å². The van der Waals surface area contributed by atoms with Crippen molar-refractivity contribution in [3.05, 3.63) is 48.5 Å². The SMILES string of the molecule is COc1ccc(P2SP(c3ccc(OC)cc3)S2)cc1. The van der Waals surface area contributed by atoms with Gasteiger partial charge in [0.15, 0.2) is 0 Å². The van der Waals surface area contributed by atoms with E-state index in [1.165, 1.54) is 10.6 Å². The Morgan fingerprint density at radius 3 is 1.30 bits per heavy atom. The predicted octanol–water partition coefficient (Wildman–Crippen LogP) is 4.76. The van der Waals surface area contributed by atoms with Gasteiger partial charge in [-0.05, 0) is 59.1 Å². The van der Waals surface area contributed by atoms with E-state index in [9.17, 15) is 0 Å². The minimum Gasteiger partial charge on any atom is -0.497 e. The molecule has 1 heterocycles. The predicted molar refractivity (Wildman–Crippen MR) is 94.3 cm³/mol. The summed E-state index contributed by atoms with van der Waals surface area (Å²) in [5.41, 5.74) is 0. The van der Waals surface area contributed by atoms with Gasteiger partial charge in [0.25, 0.3) is 0 Å². The standard InChI is InChI=1S/C14H14O2P2S2/c1-15-11-3-7-13(8-4-11)17-19-18(20-17)14-9-5-12(16-2)6-10-14/h3-10H,1-2H3. The van der Waals surface area contributed by atoms with Crippen LogP contribution in [0.2, 0.25) is 0 Å². The van der Waals surface area contributed by atoms with Crippen molar-refractivity contribution in [1.82, 2.24) is 0 Å². The summed E-state index contributed by atoms with van der Waals surface area (Å²) in [7, 11) is 3.41. The second-order valence-electron chi connectivity index (χ2n) is 4.07. The Morgan fingerprint density at radius 2 is 1.00 bits per heavy atom. The highest BCUT2D eigenvalue weighted by atomic mass is 33.6. The largest absolute Gasteiger partial charge is 0.497 e. The number of ether oxygens (including phenoxy) is 2. The monoisotopic (exact) mass is 340 g/mol. The molecule has 6 heteroatoms. The summed E-state index contributed by atoms with van der Waals surface area (Å²) in [5.74, 6) is 1.85. The van der Waals surface area contributed by atoms with Crippen molar-refractivity contribution in [2.24, 2.45) is 0 Å². The molecule has 0 radical (unpaired) electrons. The van der Waals surface area contributed by atoms with E-state index in [0.717, 1.165) is 11.5 Å². The van der Waals surface area contributed by atoms with Gasteiger partial charge in [0.05, 0.1) is 26.9 Å². The molecular formula is C14H14O2P2S2. The lowest BCUT2D eigenvalue weighted by Crippen LogP contribution is -2.03. The summed E-state index contributed by atoms with van der Waals surface area (Å²) in [5, 5.41) is 2.87. The Hall–Kier alpha value is -0.400. The number of hydrogen-bond donors (Lipinski definition) is 0. The normalized spacial score (nSPS) is 21.1. The lowest BCUT2D eigenvalue weighted by atomic mass is 10.3. The maximum absolute atomic E-state index is 5.20. The van der Waals surface area contributed by atoms with Crippen LogP contribution in [0.4, 0.5) is 0 Å². The first kappa shape index (κ1) is 14.5. The Morgan fingerprint density at radius 1 is 0.650 bits per heavy atom. The minimum absolute atomic E-state index is 0.109. The molecule has 1 fully saturated rings. The smallest absolute Gasteiger partial charge is 0.118 e. The van der Waals surface area contributed by atoms with Crippen molar-refractivity contribution in [1.29, 1.82) is 0 Å². The first-order valence-electron chi connectivity index (χ1n) is 6.04. The first-order chi connectivity index (χ1) is 9.80. The van der Waals surface area contributed by atoms with Crippen LogP contribution in [0.15, 0.2) is 48.5 Å². The zero-order chi connectivity index (χ0) is 13.9. The van der Waals surface area contributed by atoms with Crippen molar-refractivity contribution < 1.29 is 9.47 Å². The van der Waals surface area contributed by atoms with Crippen molar-refractivity contribution in [2.45, 2.75) is 0 Å². The molecule has 0 amide bonds. The van der Waals surface area contributed by atoms with Gasteiger partial charge in [-0.15, -0.1) is 0 Å². The Kier molecular flexibility index (Phi) is 4.78. The van der Waals surface area contributed by atoms with Crippen molar-refractivity contribution in [2.75, 3.05) is 14.2 Å². The lowest BCUT2D eigenvalue weighted by molar-refractivity contribution is 0.415. The fourth-order valence-electron chi connectivity index (χ4n) is 1.74. The molecule has 0 spiro atoms. The molecule has 20 heavy (non-hydrogen) atoms. The van der Waals surface area contributed by atoms with Gasteiger partial charge in [0, 0.05) is 0 Å². The number of rotatable bonds is 4. The van der Waals surface area contributed by atoms with Gasteiger partial charge in [-0.25, -0.2) is 0 Å². The number of hydrogen-bond acceptors (Lipinski definition) is 4. The van der Waals surface area contributed by atoms with Crippen LogP contribution in [-0.2, 0) is 0 Å². The molecule has 1 aliphatic heterocycles. The van der Waals surface area contributed by atoms with Crippen LogP contribution < -0.4 is 20.1 Å². The molecule has 2 nitrogen and oxygen atoms in total. The molecule has 0 saturated carbocycles. The van der Waals surface area contributed by atoms with Gasteiger partial charge in [0.1, 0.15) is 11.5 Å². The Balaban J connectivity index is 1.62. The quantitative estimate of drug-likeness (QED) is 0.747. The molecule has 1 saturated heterocycles. The van der Waals surface area contributed by atoms with Crippen molar-refractivity contribution in [3.8, 4) is 11.5 Å². The van der Waals surface area contributed by atoms with E-state index in [-0.39, 0.29) is 12.7 Å². The van der Waals surface area contributed by atoms with Gasteiger partial charge >= 0.3 is 0 Å². The topological polar surface area (TPSA) is 18.5 Å². The van der Waals surface area contributed by atoms with E-state index >= 15 is 0 Å². The van der Waals surface area contributed by atoms with Gasteiger partial charge in [-0.1, -0.05) is 22.0 Å². The fraction of sp³-hybridized carbons (Fsp3) is 0.143. The van der Waals surface area contributed by atoms with Crippen LogP contribution in [0, 0.1) is 0 Å². The molecule has 2 aromatic carbocycles. The summed E-state index contributed by atoms with van der Waals surface area (Å²) in [6, 6.07) is 16.9. The second kappa shape index (κ2) is 6.58. The fourth-order valence-corrected chi connectivity index (χ4v) is 17.9. The third kappa shape index (κ3) is 3.09. The van der Waals surface area contributed by atoms with Crippen LogP contribution in [0.3, 0.4) is 0 Å². The van der Waals surface area contributed by atoms with E-state index in [1.54, 1.807) is 14.2 Å². The molecule has 0 bridgehead atoms. The summed E-state index contributed by atoms with van der Waals surface area (Å²) >= 11 is 4.24. The molecule has 3 rings (SSSR count). The van der Waals surface area contributed by atoms with Crippen LogP contribution in [0.5, 0.6) is 11.5 Å². The van der Waals surface area contributed by atoms with E-state index in [0.29, 0.717) is 0 Å². The minimum atomic E-state index is -0.109. The zero-order valence-electron chi connectivity index (χ0n) is 11.1. The molecule has 0 atom stereocenters. The van der Waals surface area contributed by atoms with Crippen LogP contribution >= 0.6 is 34.7 Å². The second-order valence-corrected chi connectivity index (χ2v) is 16.1. The number of methoxy groups -OCH3 is 2. The van der Waals surface area contributed by atoms with Gasteiger partial charge in [0.2, 0.25) is 0 Å². The molecular weight excluding hydrogens is 326 g/mol. The van der Waals surface area contributed by atoms with Gasteiger partial charge in [-0.2, -0.15) is 0 Å². The molecule has 0 aromatic heterocycles. The molecule has 0 unspecified atom stereocenters. The molecule has 2 aromatic rings. The third-order valence-corrected chi connectivity index (χ3v) is 21.7. The highest BCUT2D eigenvalue weighted by molar-refractivity contribution is 9.37. The molecule has 0 N–H and O–H groups in total. The van der Waals surface area contributed by atoms with Crippen molar-refractivity contribution in [3.63, 3.8) is 0 Å². The highest BCUT2D eigenvalue weighted by Gasteiger charge is 2.33. The maximum Gasteiger partial charge on any atom is 0.118 e. The number of benzene rings is 2. The van der Waals surface area contributed by atoms with Crippen LogP contribution in [-0.4, -0.2) is 14.2 Å². The van der Waals surface area contributed by atoms with E-state index in [4.69, 9.17) is 9.47 Å². The van der Waals surface area contributed by atoms with E-state index in [2.05, 4.69) is 46.3 Å². The molecule has 0 aliphatic carbocycles. The summed E-state index contributed by atoms with van der Waals surface area (Å²) < 4.78 is 10.4. The average Bonchev–Trinajstić information content (AvgIpc) is 2.47. The Bertz CT molecular complexity index is 517. The average molecular weight is 340 g/mol. The van der Waals surface area contributed by atoms with Gasteiger partial charge < -0.3 is 9.47 Å². The lowest BCUT2D eigenvalue weighted by Gasteiger charge is -2.33. The third-order valence-electron chi connectivity index (χ3n) is 2.86. The highest BCUT2D eigenvalue weighted by Crippen LogP contribution is 2.95. The maximum atomic E-state index is 5.20. The zero-order valence-corrected chi connectivity index (χ0v) is 14.6. The van der Waals surface area contributed by atoms with Crippen molar-refractivity contribution >= 4 is 45.3 Å². The van der Waals surface area contributed by atoms with Crippen LogP contribution in [0.1, 0.15) is 0 Å². The van der Waals surface area contributed by atoms with Gasteiger partial charge in [-0.3, -0.25) is 0 Å². The van der Waals surface area contributed by atoms with E-state index < -0.39 is 0 Å². The molecule has 1 aliphatic rings. The van der Waals surface area contributed by atoms with E-state index in [1.807, 2.05) is 24.3 Å². The summed E-state index contributed by atoms with van der Waals surface area (Å²) in [6.45, 7) is 0. The molecule has 104 valence electrons. The summed E-state index contributed by atoms with van der Waals surface area (Å²) in [6.07, 6.45) is -0.218. The van der Waals surface area contributed by atoms with Crippen LogP contribution in [0.25, 0.3) is 0 Å². The summed E-state index contributed by atoms with van der Waals surface area (Å²) in [4.78, 5) is 0.